The van der Waals surface area contributed by atoms with Crippen molar-refractivity contribution >= 4 is 29.3 Å². The van der Waals surface area contributed by atoms with E-state index in [1.54, 1.807) is 49.2 Å². The SMILES string of the molecule is CC(C)N(C=O)NC(=O)Oc1c2c(c(OC(c3ccccc3)c3ccccc3)c3ncccc13)C(=O)N(Cc1ccc(F)cc1)C2. The van der Waals surface area contributed by atoms with E-state index in [0.717, 1.165) is 21.7 Å². The summed E-state index contributed by atoms with van der Waals surface area (Å²) in [5, 5.41) is 1.53. The molecule has 2 heterocycles. The Labute approximate surface area is 265 Å². The van der Waals surface area contributed by atoms with E-state index < -0.39 is 12.2 Å². The number of carbonyl (C=O) groups excluding carboxylic acids is 3. The van der Waals surface area contributed by atoms with Crippen LogP contribution in [0.1, 0.15) is 52.6 Å². The molecule has 0 saturated carbocycles. The summed E-state index contributed by atoms with van der Waals surface area (Å²) in [6.45, 7) is 3.73. The van der Waals surface area contributed by atoms with Gasteiger partial charge in [0.15, 0.2) is 5.75 Å². The van der Waals surface area contributed by atoms with Gasteiger partial charge in [0.1, 0.15) is 23.2 Å². The first-order valence-corrected chi connectivity index (χ1v) is 14.8. The quantitative estimate of drug-likeness (QED) is 0.140. The zero-order chi connectivity index (χ0) is 32.2. The van der Waals surface area contributed by atoms with E-state index in [1.165, 1.54) is 12.1 Å². The van der Waals surface area contributed by atoms with Gasteiger partial charge in [-0.2, -0.15) is 0 Å². The minimum absolute atomic E-state index is 0.0816. The number of benzene rings is 4. The Kier molecular flexibility index (Phi) is 8.60. The number of fused-ring (bicyclic) bond motifs is 2. The number of carbonyl (C=O) groups is 3. The van der Waals surface area contributed by atoms with Gasteiger partial charge in [0, 0.05) is 29.7 Å². The van der Waals surface area contributed by atoms with Crippen molar-refractivity contribution in [3.63, 3.8) is 0 Å². The van der Waals surface area contributed by atoms with Gasteiger partial charge >= 0.3 is 6.09 Å². The minimum atomic E-state index is -0.905. The summed E-state index contributed by atoms with van der Waals surface area (Å²) in [6, 6.07) is 28.3. The monoisotopic (exact) mass is 618 g/mol. The minimum Gasteiger partial charge on any atom is -0.478 e. The van der Waals surface area contributed by atoms with Crippen LogP contribution in [-0.4, -0.2) is 39.3 Å². The molecule has 6 rings (SSSR count). The molecule has 0 aliphatic carbocycles. The van der Waals surface area contributed by atoms with Crippen molar-refractivity contribution in [1.82, 2.24) is 20.3 Å². The van der Waals surface area contributed by atoms with Gasteiger partial charge in [-0.05, 0) is 54.8 Å². The van der Waals surface area contributed by atoms with Crippen LogP contribution in [0.15, 0.2) is 103 Å². The smallest absolute Gasteiger partial charge is 0.431 e. The highest BCUT2D eigenvalue weighted by Crippen LogP contribution is 2.46. The Morgan fingerprint density at radius 1 is 0.957 bits per heavy atom. The molecule has 0 radical (unpaired) electrons. The number of ether oxygens (including phenoxy) is 2. The van der Waals surface area contributed by atoms with E-state index in [9.17, 15) is 18.8 Å². The van der Waals surface area contributed by atoms with Crippen LogP contribution in [0, 0.1) is 5.82 Å². The molecule has 1 aromatic heterocycles. The predicted octanol–water partition coefficient (Wildman–Crippen LogP) is 6.57. The molecule has 0 fully saturated rings. The Morgan fingerprint density at radius 2 is 1.61 bits per heavy atom. The van der Waals surface area contributed by atoms with Crippen LogP contribution in [0.3, 0.4) is 0 Å². The third kappa shape index (κ3) is 6.10. The van der Waals surface area contributed by atoms with Crippen LogP contribution in [0.2, 0.25) is 0 Å². The summed E-state index contributed by atoms with van der Waals surface area (Å²) in [5.74, 6) is -0.361. The Balaban J connectivity index is 1.50. The number of hydrazine groups is 1. The van der Waals surface area contributed by atoms with E-state index in [4.69, 9.17) is 9.47 Å². The molecular weight excluding hydrogens is 587 g/mol. The number of rotatable bonds is 10. The zero-order valence-electron chi connectivity index (χ0n) is 25.2. The fourth-order valence-corrected chi connectivity index (χ4v) is 5.47. The molecule has 1 aliphatic heterocycles. The maximum atomic E-state index is 14.3. The molecule has 0 spiro atoms. The van der Waals surface area contributed by atoms with Crippen molar-refractivity contribution in [2.45, 2.75) is 39.1 Å². The third-order valence-electron chi connectivity index (χ3n) is 7.73. The van der Waals surface area contributed by atoms with Gasteiger partial charge in [-0.15, -0.1) is 0 Å². The van der Waals surface area contributed by atoms with Crippen molar-refractivity contribution in [1.29, 1.82) is 0 Å². The summed E-state index contributed by atoms with van der Waals surface area (Å²) >= 11 is 0. The van der Waals surface area contributed by atoms with Gasteiger partial charge in [-0.1, -0.05) is 72.8 Å². The normalized spacial score (nSPS) is 12.4. The third-order valence-corrected chi connectivity index (χ3v) is 7.73. The second-order valence-electron chi connectivity index (χ2n) is 11.1. The maximum absolute atomic E-state index is 14.3. The van der Waals surface area contributed by atoms with E-state index in [1.807, 2.05) is 60.7 Å². The number of nitrogens with one attached hydrogen (secondary N) is 1. The number of aromatic nitrogens is 1. The molecule has 5 aromatic rings. The number of nitrogens with zero attached hydrogens (tertiary/aromatic N) is 3. The van der Waals surface area contributed by atoms with E-state index in [-0.39, 0.29) is 47.9 Å². The van der Waals surface area contributed by atoms with Gasteiger partial charge in [0.25, 0.3) is 5.91 Å². The molecule has 46 heavy (non-hydrogen) atoms. The van der Waals surface area contributed by atoms with Crippen LogP contribution in [0.5, 0.6) is 11.5 Å². The van der Waals surface area contributed by atoms with Crippen LogP contribution >= 0.6 is 0 Å². The molecule has 0 saturated heterocycles. The van der Waals surface area contributed by atoms with Gasteiger partial charge in [-0.3, -0.25) is 19.6 Å². The van der Waals surface area contributed by atoms with Crippen LogP contribution in [-0.2, 0) is 17.9 Å². The number of hydrogen-bond acceptors (Lipinski definition) is 6. The van der Waals surface area contributed by atoms with Crippen molar-refractivity contribution in [2.75, 3.05) is 0 Å². The van der Waals surface area contributed by atoms with Gasteiger partial charge in [0.2, 0.25) is 6.41 Å². The molecule has 10 heteroatoms. The van der Waals surface area contributed by atoms with E-state index in [0.29, 0.717) is 22.9 Å². The zero-order valence-corrected chi connectivity index (χ0v) is 25.2. The first-order valence-electron chi connectivity index (χ1n) is 14.8. The van der Waals surface area contributed by atoms with Crippen LogP contribution in [0.25, 0.3) is 10.9 Å². The lowest BCUT2D eigenvalue weighted by molar-refractivity contribution is -0.122. The number of hydrogen-bond donors (Lipinski definition) is 1. The lowest BCUT2D eigenvalue weighted by atomic mass is 9.99. The Morgan fingerprint density at radius 3 is 2.22 bits per heavy atom. The highest BCUT2D eigenvalue weighted by Gasteiger charge is 2.38. The average molecular weight is 619 g/mol. The number of halogens is 1. The molecular formula is C36H31FN4O5. The standard InChI is InChI=1S/C36H31FN4O5/c1-23(2)41(22-42)39-36(44)46-33-28-14-9-19-38-31(28)34(45-32(25-10-5-3-6-11-25)26-12-7-4-8-13-26)30-29(33)21-40(35(30)43)20-24-15-17-27(37)18-16-24/h3-19,22-23,32H,20-21H2,1-2H3,(H,39,44). The summed E-state index contributed by atoms with van der Waals surface area (Å²) in [5.41, 5.74) is 5.86. The molecule has 3 amide bonds. The second-order valence-corrected chi connectivity index (χ2v) is 11.1. The summed E-state index contributed by atoms with van der Waals surface area (Å²) in [7, 11) is 0. The molecule has 0 atom stereocenters. The maximum Gasteiger partial charge on any atom is 0.431 e. The summed E-state index contributed by atoms with van der Waals surface area (Å²) < 4.78 is 26.4. The van der Waals surface area contributed by atoms with Crippen molar-refractivity contribution in [3.8, 4) is 11.5 Å². The van der Waals surface area contributed by atoms with Gasteiger partial charge in [-0.25, -0.2) is 14.6 Å². The van der Waals surface area contributed by atoms with Crippen molar-refractivity contribution < 1.29 is 28.2 Å². The first kappa shape index (κ1) is 30.3. The molecule has 0 unspecified atom stereocenters. The first-order chi connectivity index (χ1) is 22.3. The summed E-state index contributed by atoms with van der Waals surface area (Å²) in [6.07, 6.45) is 0.568. The molecule has 232 valence electrons. The number of amides is 3. The lowest BCUT2D eigenvalue weighted by Crippen LogP contribution is -2.46. The van der Waals surface area contributed by atoms with Crippen molar-refractivity contribution in [2.24, 2.45) is 0 Å². The highest BCUT2D eigenvalue weighted by atomic mass is 19.1. The van der Waals surface area contributed by atoms with Crippen LogP contribution < -0.4 is 14.9 Å². The topological polar surface area (TPSA) is 101 Å². The fraction of sp³-hybridized carbons (Fsp3) is 0.167. The van der Waals surface area contributed by atoms with E-state index in [2.05, 4.69) is 10.4 Å². The summed E-state index contributed by atoms with van der Waals surface area (Å²) in [4.78, 5) is 45.1. The molecule has 1 aliphatic rings. The van der Waals surface area contributed by atoms with Crippen LogP contribution in [0.4, 0.5) is 9.18 Å². The fourth-order valence-electron chi connectivity index (χ4n) is 5.47. The predicted molar refractivity (Wildman–Crippen MR) is 169 cm³/mol. The van der Waals surface area contributed by atoms with Crippen molar-refractivity contribution in [3.05, 3.63) is 137 Å². The molecule has 4 aromatic carbocycles. The van der Waals surface area contributed by atoms with Gasteiger partial charge < -0.3 is 14.4 Å². The lowest BCUT2D eigenvalue weighted by Gasteiger charge is -2.24. The Hall–Kier alpha value is -5.77. The Bertz CT molecular complexity index is 1850. The molecule has 1 N–H and O–H groups in total. The average Bonchev–Trinajstić information content (AvgIpc) is 3.40. The highest BCUT2D eigenvalue weighted by molar-refractivity contribution is 6.09. The van der Waals surface area contributed by atoms with E-state index >= 15 is 0 Å². The number of pyridine rings is 1. The van der Waals surface area contributed by atoms with Gasteiger partial charge in [0.05, 0.1) is 12.1 Å². The largest absolute Gasteiger partial charge is 0.478 e. The molecule has 9 nitrogen and oxygen atoms in total. The molecule has 0 bridgehead atoms. The second kappa shape index (κ2) is 13.1.